The van der Waals surface area contributed by atoms with Crippen LogP contribution in [0, 0.1) is 4.91 Å². The molecular formula is C6H9NO3. The van der Waals surface area contributed by atoms with Crippen LogP contribution in [0.15, 0.2) is 16.9 Å². The summed E-state index contributed by atoms with van der Waals surface area (Å²) in [5.74, 6) is -0.528. The highest BCUT2D eigenvalue weighted by Crippen LogP contribution is 1.93. The first-order valence-corrected chi connectivity index (χ1v) is 2.89. The predicted octanol–water partition coefficient (Wildman–Crippen LogP) is 1.22. The van der Waals surface area contributed by atoms with Gasteiger partial charge in [0.25, 0.3) is 0 Å². The normalized spacial score (nSPS) is 10.8. The number of carbonyl (C=O) groups excluding carboxylic acids is 1. The maximum absolute atomic E-state index is 10.5. The molecule has 0 aromatic rings. The number of nitrogens with zero attached hydrogens (tertiary/aromatic N) is 1. The van der Waals surface area contributed by atoms with Crippen molar-refractivity contribution < 1.29 is 9.53 Å². The topological polar surface area (TPSA) is 55.7 Å². The van der Waals surface area contributed by atoms with Crippen molar-refractivity contribution in [2.75, 3.05) is 6.61 Å². The lowest BCUT2D eigenvalue weighted by atomic mass is 10.4. The molecule has 0 saturated carbocycles. The van der Waals surface area contributed by atoms with Crippen molar-refractivity contribution >= 4 is 5.97 Å². The van der Waals surface area contributed by atoms with E-state index in [4.69, 9.17) is 0 Å². The third kappa shape index (κ3) is 3.77. The maximum atomic E-state index is 10.5. The van der Waals surface area contributed by atoms with Crippen LogP contribution in [0.5, 0.6) is 0 Å². The lowest BCUT2D eigenvalue weighted by Crippen LogP contribution is -1.99. The van der Waals surface area contributed by atoms with Gasteiger partial charge in [0.05, 0.1) is 12.3 Å². The predicted molar refractivity (Wildman–Crippen MR) is 36.2 cm³/mol. The molecule has 0 aromatic heterocycles. The molecule has 0 fully saturated rings. The molecular weight excluding hydrogens is 134 g/mol. The Balaban J connectivity index is 3.86. The van der Waals surface area contributed by atoms with E-state index in [0.717, 1.165) is 6.08 Å². The summed E-state index contributed by atoms with van der Waals surface area (Å²) in [5.41, 5.74) is 0.124. The Kier molecular flexibility index (Phi) is 4.11. The molecule has 0 unspecified atom stereocenters. The average Bonchev–Trinajstić information content (AvgIpc) is 1.88. The van der Waals surface area contributed by atoms with Gasteiger partial charge in [0.1, 0.15) is 0 Å². The highest BCUT2D eigenvalue weighted by Gasteiger charge is 1.95. The number of carbonyl (C=O) groups is 1. The summed E-state index contributed by atoms with van der Waals surface area (Å²) in [4.78, 5) is 20.2. The van der Waals surface area contributed by atoms with Crippen molar-refractivity contribution in [3.63, 3.8) is 0 Å². The second-order valence-electron chi connectivity index (χ2n) is 1.63. The monoisotopic (exact) mass is 143 g/mol. The number of ether oxygens (including phenoxy) is 1. The van der Waals surface area contributed by atoms with Crippen molar-refractivity contribution in [2.45, 2.75) is 13.8 Å². The standard InChI is InChI=1S/C6H9NO3/c1-3-10-6(8)4-5(2)7-9/h4H,3H2,1-2H3/b5-4-. The fourth-order valence-electron chi connectivity index (χ4n) is 0.381. The Morgan fingerprint density at radius 2 is 2.30 bits per heavy atom. The lowest BCUT2D eigenvalue weighted by Gasteiger charge is -1.93. The van der Waals surface area contributed by atoms with Crippen molar-refractivity contribution in [1.29, 1.82) is 0 Å². The average molecular weight is 143 g/mol. The van der Waals surface area contributed by atoms with Crippen LogP contribution in [0.2, 0.25) is 0 Å². The maximum Gasteiger partial charge on any atom is 0.332 e. The molecule has 0 radical (unpaired) electrons. The molecule has 0 spiro atoms. The third-order valence-electron chi connectivity index (χ3n) is 0.757. The van der Waals surface area contributed by atoms with Gasteiger partial charge in [0, 0.05) is 6.08 Å². The molecule has 0 bridgehead atoms. The van der Waals surface area contributed by atoms with E-state index < -0.39 is 5.97 Å². The van der Waals surface area contributed by atoms with Crippen LogP contribution in [0.25, 0.3) is 0 Å². The van der Waals surface area contributed by atoms with Gasteiger partial charge in [-0.2, -0.15) is 0 Å². The fourth-order valence-corrected chi connectivity index (χ4v) is 0.381. The Hall–Kier alpha value is -1.19. The molecule has 0 aromatic carbocycles. The summed E-state index contributed by atoms with van der Waals surface area (Å²) in [6, 6.07) is 0. The summed E-state index contributed by atoms with van der Waals surface area (Å²) >= 11 is 0. The van der Waals surface area contributed by atoms with E-state index in [1.807, 2.05) is 0 Å². The van der Waals surface area contributed by atoms with Gasteiger partial charge >= 0.3 is 5.97 Å². The summed E-state index contributed by atoms with van der Waals surface area (Å²) < 4.78 is 4.50. The van der Waals surface area contributed by atoms with Gasteiger partial charge < -0.3 is 4.74 Å². The molecule has 0 N–H and O–H groups in total. The summed E-state index contributed by atoms with van der Waals surface area (Å²) in [5, 5.41) is 2.52. The molecule has 0 saturated heterocycles. The SMILES string of the molecule is CCOC(=O)/C=C(/C)N=O. The highest BCUT2D eigenvalue weighted by atomic mass is 16.5. The first-order chi connectivity index (χ1) is 4.70. The van der Waals surface area contributed by atoms with Crippen LogP contribution in [0.1, 0.15) is 13.8 Å². The number of hydrogen-bond acceptors (Lipinski definition) is 4. The van der Waals surface area contributed by atoms with E-state index in [1.54, 1.807) is 6.92 Å². The lowest BCUT2D eigenvalue weighted by molar-refractivity contribution is -0.137. The fraction of sp³-hybridized carbons (Fsp3) is 0.500. The molecule has 0 amide bonds. The van der Waals surface area contributed by atoms with Crippen LogP contribution >= 0.6 is 0 Å². The number of hydrogen-bond donors (Lipinski definition) is 0. The van der Waals surface area contributed by atoms with E-state index in [1.165, 1.54) is 6.92 Å². The summed E-state index contributed by atoms with van der Waals surface area (Å²) in [6.45, 7) is 3.43. The van der Waals surface area contributed by atoms with Gasteiger partial charge in [-0.25, -0.2) is 4.79 Å². The molecule has 56 valence electrons. The van der Waals surface area contributed by atoms with Gasteiger partial charge in [-0.15, -0.1) is 4.91 Å². The van der Waals surface area contributed by atoms with Crippen LogP contribution in [0.4, 0.5) is 0 Å². The summed E-state index contributed by atoms with van der Waals surface area (Å²) in [7, 11) is 0. The largest absolute Gasteiger partial charge is 0.463 e. The molecule has 4 heteroatoms. The van der Waals surface area contributed by atoms with Crippen LogP contribution < -0.4 is 0 Å². The molecule has 0 rings (SSSR count). The quantitative estimate of drug-likeness (QED) is 0.339. The van der Waals surface area contributed by atoms with Gasteiger partial charge in [-0.3, -0.25) is 0 Å². The Morgan fingerprint density at radius 1 is 1.70 bits per heavy atom. The molecule has 0 heterocycles. The number of nitroso groups, excluding NO2 is 1. The van der Waals surface area contributed by atoms with E-state index in [9.17, 15) is 9.70 Å². The highest BCUT2D eigenvalue weighted by molar-refractivity contribution is 5.82. The van der Waals surface area contributed by atoms with Crippen LogP contribution in [-0.4, -0.2) is 12.6 Å². The Morgan fingerprint density at radius 3 is 2.70 bits per heavy atom. The summed E-state index contributed by atoms with van der Waals surface area (Å²) in [6.07, 6.45) is 1.05. The first-order valence-electron chi connectivity index (χ1n) is 2.89. The van der Waals surface area contributed by atoms with E-state index >= 15 is 0 Å². The first kappa shape index (κ1) is 8.81. The number of allylic oxidation sites excluding steroid dienone is 1. The van der Waals surface area contributed by atoms with E-state index in [2.05, 4.69) is 9.91 Å². The van der Waals surface area contributed by atoms with Crippen molar-refractivity contribution in [3.8, 4) is 0 Å². The van der Waals surface area contributed by atoms with Gasteiger partial charge in [-0.1, -0.05) is 0 Å². The van der Waals surface area contributed by atoms with Crippen LogP contribution in [0.3, 0.4) is 0 Å². The molecule has 0 aliphatic rings. The second-order valence-corrected chi connectivity index (χ2v) is 1.63. The van der Waals surface area contributed by atoms with Gasteiger partial charge in [0.2, 0.25) is 0 Å². The second kappa shape index (κ2) is 4.67. The molecule has 0 atom stereocenters. The van der Waals surface area contributed by atoms with Gasteiger partial charge in [-0.05, 0) is 19.0 Å². The van der Waals surface area contributed by atoms with Gasteiger partial charge in [0.15, 0.2) is 0 Å². The third-order valence-corrected chi connectivity index (χ3v) is 0.757. The molecule has 0 aliphatic carbocycles. The zero-order valence-electron chi connectivity index (χ0n) is 5.96. The molecule has 4 nitrogen and oxygen atoms in total. The minimum Gasteiger partial charge on any atom is -0.463 e. The van der Waals surface area contributed by atoms with Crippen molar-refractivity contribution in [3.05, 3.63) is 16.7 Å². The zero-order chi connectivity index (χ0) is 7.98. The van der Waals surface area contributed by atoms with E-state index in [0.29, 0.717) is 6.61 Å². The Labute approximate surface area is 58.8 Å². The van der Waals surface area contributed by atoms with Crippen molar-refractivity contribution in [1.82, 2.24) is 0 Å². The van der Waals surface area contributed by atoms with Crippen LogP contribution in [-0.2, 0) is 9.53 Å². The Bertz CT molecular complexity index is 162. The smallest absolute Gasteiger partial charge is 0.332 e. The number of rotatable bonds is 3. The molecule has 0 aliphatic heterocycles. The van der Waals surface area contributed by atoms with Crippen molar-refractivity contribution in [2.24, 2.45) is 5.18 Å². The minimum atomic E-state index is -0.528. The zero-order valence-corrected chi connectivity index (χ0v) is 5.96. The molecule has 10 heavy (non-hydrogen) atoms. The van der Waals surface area contributed by atoms with E-state index in [-0.39, 0.29) is 5.70 Å². The number of esters is 1. The minimum absolute atomic E-state index is 0.124.